The molecule has 2 nitrogen and oxygen atoms in total. The molecule has 0 fully saturated rings. The van der Waals surface area contributed by atoms with Crippen LogP contribution >= 0.6 is 15.9 Å². The summed E-state index contributed by atoms with van der Waals surface area (Å²) in [6, 6.07) is 7.55. The summed E-state index contributed by atoms with van der Waals surface area (Å²) in [6.45, 7) is 0. The van der Waals surface area contributed by atoms with E-state index in [1.165, 1.54) is 30.3 Å². The van der Waals surface area contributed by atoms with Gasteiger partial charge in [-0.2, -0.15) is 0 Å². The molecule has 1 N–H and O–H groups in total. The number of furan rings is 1. The van der Waals surface area contributed by atoms with Crippen LogP contribution in [0.3, 0.4) is 0 Å². The molecule has 0 spiro atoms. The van der Waals surface area contributed by atoms with E-state index in [1.54, 1.807) is 0 Å². The van der Waals surface area contributed by atoms with E-state index in [4.69, 9.17) is 4.42 Å². The second-order valence-corrected chi connectivity index (χ2v) is 5.29. The number of hydrogen-bond acceptors (Lipinski definition) is 2. The van der Waals surface area contributed by atoms with Crippen molar-refractivity contribution in [3.63, 3.8) is 0 Å². The van der Waals surface area contributed by atoms with Gasteiger partial charge in [-0.05, 0) is 46.3 Å². The Bertz CT molecular complexity index is 829. The van der Waals surface area contributed by atoms with Crippen LogP contribution in [0.4, 0.5) is 13.2 Å². The number of aliphatic hydroxyl groups is 1. The first-order valence-electron chi connectivity index (χ1n) is 5.98. The molecule has 1 aromatic heterocycles. The summed E-state index contributed by atoms with van der Waals surface area (Å²) in [5, 5.41) is 10.7. The monoisotopic (exact) mass is 356 g/mol. The van der Waals surface area contributed by atoms with Crippen LogP contribution < -0.4 is 0 Å². The van der Waals surface area contributed by atoms with Crippen LogP contribution in [-0.2, 0) is 0 Å². The first-order valence-corrected chi connectivity index (χ1v) is 6.77. The number of fused-ring (bicyclic) bond motifs is 1. The van der Waals surface area contributed by atoms with Gasteiger partial charge in [-0.15, -0.1) is 0 Å². The van der Waals surface area contributed by atoms with Gasteiger partial charge in [0.25, 0.3) is 0 Å². The highest BCUT2D eigenvalue weighted by Crippen LogP contribution is 2.34. The molecule has 3 aromatic rings. The van der Waals surface area contributed by atoms with Crippen molar-refractivity contribution >= 4 is 26.9 Å². The van der Waals surface area contributed by atoms with Gasteiger partial charge >= 0.3 is 0 Å². The molecule has 0 radical (unpaired) electrons. The Hall–Kier alpha value is -1.79. The minimum atomic E-state index is -1.30. The Morgan fingerprint density at radius 2 is 1.81 bits per heavy atom. The molecule has 21 heavy (non-hydrogen) atoms. The van der Waals surface area contributed by atoms with E-state index in [0.717, 1.165) is 6.07 Å². The summed E-state index contributed by atoms with van der Waals surface area (Å²) in [5.41, 5.74) is 0.512. The third kappa shape index (κ3) is 2.45. The maximum absolute atomic E-state index is 13.5. The first-order chi connectivity index (χ1) is 9.97. The van der Waals surface area contributed by atoms with Gasteiger partial charge in [0, 0.05) is 10.9 Å². The zero-order valence-electron chi connectivity index (χ0n) is 10.4. The first kappa shape index (κ1) is 14.2. The highest BCUT2D eigenvalue weighted by atomic mass is 79.9. The highest BCUT2D eigenvalue weighted by Gasteiger charge is 2.21. The number of benzene rings is 2. The average Bonchev–Trinajstić information content (AvgIpc) is 2.87. The Kier molecular flexibility index (Phi) is 3.51. The summed E-state index contributed by atoms with van der Waals surface area (Å²) in [7, 11) is 0. The molecular formula is C15H8BrF3O2. The molecule has 0 amide bonds. The van der Waals surface area contributed by atoms with Crippen LogP contribution in [0.5, 0.6) is 0 Å². The van der Waals surface area contributed by atoms with E-state index in [0.29, 0.717) is 11.0 Å². The predicted molar refractivity (Wildman–Crippen MR) is 74.3 cm³/mol. The lowest BCUT2D eigenvalue weighted by Crippen LogP contribution is -2.01. The fraction of sp³-hybridized carbons (Fsp3) is 0.0667. The van der Waals surface area contributed by atoms with Crippen LogP contribution in [0.1, 0.15) is 17.4 Å². The topological polar surface area (TPSA) is 33.4 Å². The minimum Gasteiger partial charge on any atom is -0.458 e. The van der Waals surface area contributed by atoms with Gasteiger partial charge in [0.1, 0.15) is 23.3 Å². The Balaban J connectivity index is 2.08. The lowest BCUT2D eigenvalue weighted by molar-refractivity contribution is 0.191. The maximum Gasteiger partial charge on any atom is 0.173 e. The smallest absolute Gasteiger partial charge is 0.173 e. The average molecular weight is 357 g/mol. The Morgan fingerprint density at radius 1 is 1.05 bits per heavy atom. The number of aliphatic hydroxyl groups excluding tert-OH is 1. The van der Waals surface area contributed by atoms with E-state index >= 15 is 0 Å². The molecule has 2 aromatic carbocycles. The number of hydrogen-bond donors (Lipinski definition) is 1. The molecule has 108 valence electrons. The van der Waals surface area contributed by atoms with E-state index in [2.05, 4.69) is 15.9 Å². The van der Waals surface area contributed by atoms with Crippen LogP contribution in [0.15, 0.2) is 45.3 Å². The molecule has 0 aliphatic carbocycles. The molecule has 0 saturated heterocycles. The largest absolute Gasteiger partial charge is 0.458 e. The third-order valence-corrected chi connectivity index (χ3v) is 3.93. The molecular weight excluding hydrogens is 349 g/mol. The zero-order valence-corrected chi connectivity index (χ0v) is 12.0. The highest BCUT2D eigenvalue weighted by molar-refractivity contribution is 9.10. The standard InChI is InChI=1S/C15H8BrF3O2/c16-13-9(2-3-10(18)14(13)19)15(20)12-6-7-5-8(17)1-4-11(7)21-12/h1-6,15,20H. The lowest BCUT2D eigenvalue weighted by atomic mass is 10.1. The molecule has 6 heteroatoms. The second-order valence-electron chi connectivity index (χ2n) is 4.50. The van der Waals surface area contributed by atoms with E-state index in [9.17, 15) is 18.3 Å². The van der Waals surface area contributed by atoms with Crippen molar-refractivity contribution < 1.29 is 22.7 Å². The summed E-state index contributed by atoms with van der Waals surface area (Å²) < 4.78 is 45.0. The Labute approximate surface area is 125 Å². The van der Waals surface area contributed by atoms with E-state index in [1.807, 2.05) is 0 Å². The van der Waals surface area contributed by atoms with Crippen molar-refractivity contribution in [3.8, 4) is 0 Å². The summed E-state index contributed by atoms with van der Waals surface area (Å²) in [4.78, 5) is 0. The van der Waals surface area contributed by atoms with Gasteiger partial charge in [0.15, 0.2) is 11.6 Å². The van der Waals surface area contributed by atoms with Crippen molar-refractivity contribution in [3.05, 3.63) is 69.6 Å². The quantitative estimate of drug-likeness (QED) is 0.675. The number of rotatable bonds is 2. The van der Waals surface area contributed by atoms with E-state index in [-0.39, 0.29) is 15.8 Å². The van der Waals surface area contributed by atoms with Crippen LogP contribution in [-0.4, -0.2) is 5.11 Å². The minimum absolute atomic E-state index is 0.113. The van der Waals surface area contributed by atoms with Gasteiger partial charge in [-0.3, -0.25) is 0 Å². The van der Waals surface area contributed by atoms with Gasteiger partial charge < -0.3 is 9.52 Å². The molecule has 1 unspecified atom stereocenters. The van der Waals surface area contributed by atoms with Crippen LogP contribution in [0.25, 0.3) is 11.0 Å². The molecule has 1 heterocycles. The summed E-state index contributed by atoms with van der Waals surface area (Å²) in [6.07, 6.45) is -1.30. The maximum atomic E-state index is 13.5. The van der Waals surface area contributed by atoms with Crippen molar-refractivity contribution in [2.24, 2.45) is 0 Å². The SMILES string of the molecule is OC(c1cc2cc(F)ccc2o1)c1ccc(F)c(F)c1Br. The second kappa shape index (κ2) is 5.20. The third-order valence-electron chi connectivity index (χ3n) is 3.13. The van der Waals surface area contributed by atoms with Gasteiger partial charge in [-0.1, -0.05) is 6.07 Å². The van der Waals surface area contributed by atoms with Crippen LogP contribution in [0.2, 0.25) is 0 Å². The molecule has 0 saturated carbocycles. The molecule has 0 bridgehead atoms. The van der Waals surface area contributed by atoms with Crippen molar-refractivity contribution in [2.45, 2.75) is 6.10 Å². The fourth-order valence-corrected chi connectivity index (χ4v) is 2.61. The summed E-state index contributed by atoms with van der Waals surface area (Å²) in [5.74, 6) is -2.43. The predicted octanol–water partition coefficient (Wildman–Crippen LogP) is 4.69. The van der Waals surface area contributed by atoms with E-state index < -0.39 is 23.6 Å². The molecule has 0 aliphatic heterocycles. The molecule has 1 atom stereocenters. The zero-order chi connectivity index (χ0) is 15.1. The van der Waals surface area contributed by atoms with Gasteiger partial charge in [-0.25, -0.2) is 13.2 Å². The van der Waals surface area contributed by atoms with Crippen molar-refractivity contribution in [1.29, 1.82) is 0 Å². The normalized spacial score (nSPS) is 12.8. The fourth-order valence-electron chi connectivity index (χ4n) is 2.07. The molecule has 0 aliphatic rings. The molecule has 3 rings (SSSR count). The van der Waals surface area contributed by atoms with Gasteiger partial charge in [0.2, 0.25) is 0 Å². The summed E-state index contributed by atoms with van der Waals surface area (Å²) >= 11 is 2.91. The van der Waals surface area contributed by atoms with Crippen molar-refractivity contribution in [1.82, 2.24) is 0 Å². The number of halogens is 4. The Morgan fingerprint density at radius 3 is 2.57 bits per heavy atom. The van der Waals surface area contributed by atoms with Crippen LogP contribution in [0, 0.1) is 17.5 Å². The lowest BCUT2D eigenvalue weighted by Gasteiger charge is -2.11. The van der Waals surface area contributed by atoms with Crippen molar-refractivity contribution in [2.75, 3.05) is 0 Å². The van der Waals surface area contributed by atoms with Gasteiger partial charge in [0.05, 0.1) is 4.47 Å².